The van der Waals surface area contributed by atoms with Crippen LogP contribution < -0.4 is 15.8 Å². The molecule has 2 aromatic heterocycles. The van der Waals surface area contributed by atoms with E-state index >= 15 is 0 Å². The molecule has 0 aliphatic heterocycles. The quantitative estimate of drug-likeness (QED) is 0.400. The Hall–Kier alpha value is -3.64. The number of aromatic nitrogens is 1. The summed E-state index contributed by atoms with van der Waals surface area (Å²) < 4.78 is 5.27. The first-order valence-corrected chi connectivity index (χ1v) is 10.7. The van der Waals surface area contributed by atoms with Crippen molar-refractivity contribution >= 4 is 33.1 Å². The monoisotopic (exact) mass is 429 g/mol. The van der Waals surface area contributed by atoms with Gasteiger partial charge in [-0.1, -0.05) is 35.9 Å². The number of thiophene rings is 1. The molecule has 0 fully saturated rings. The SMILES string of the molecule is C=CCNC(=O)c1sc2nc(-c3ccc(OC)cc3)cc(-c3ccc(C)cc3)c2c1N. The number of nitrogen functional groups attached to an aromatic ring is 1. The summed E-state index contributed by atoms with van der Waals surface area (Å²) in [6.07, 6.45) is 1.64. The van der Waals surface area contributed by atoms with Crippen molar-refractivity contribution < 1.29 is 9.53 Å². The number of methoxy groups -OCH3 is 1. The molecule has 1 amide bonds. The van der Waals surface area contributed by atoms with Crippen molar-refractivity contribution in [2.24, 2.45) is 0 Å². The zero-order chi connectivity index (χ0) is 22.0. The van der Waals surface area contributed by atoms with Crippen LogP contribution in [0.3, 0.4) is 0 Å². The van der Waals surface area contributed by atoms with E-state index in [-0.39, 0.29) is 5.91 Å². The lowest BCUT2D eigenvalue weighted by Crippen LogP contribution is -2.22. The number of nitrogens with zero attached hydrogens (tertiary/aromatic N) is 1. The van der Waals surface area contributed by atoms with Crippen molar-refractivity contribution in [2.75, 3.05) is 19.4 Å². The van der Waals surface area contributed by atoms with E-state index in [1.165, 1.54) is 16.9 Å². The fourth-order valence-electron chi connectivity index (χ4n) is 3.41. The molecule has 0 aliphatic carbocycles. The van der Waals surface area contributed by atoms with Crippen LogP contribution in [0.5, 0.6) is 5.75 Å². The van der Waals surface area contributed by atoms with Crippen LogP contribution in [-0.4, -0.2) is 24.5 Å². The van der Waals surface area contributed by atoms with Gasteiger partial charge >= 0.3 is 0 Å². The molecule has 0 bridgehead atoms. The molecule has 6 heteroatoms. The Morgan fingerprint density at radius 1 is 1.16 bits per heavy atom. The Morgan fingerprint density at radius 3 is 2.48 bits per heavy atom. The summed E-state index contributed by atoms with van der Waals surface area (Å²) >= 11 is 1.30. The largest absolute Gasteiger partial charge is 0.497 e. The van der Waals surface area contributed by atoms with Crippen LogP contribution in [0.1, 0.15) is 15.2 Å². The highest BCUT2D eigenvalue weighted by Crippen LogP contribution is 2.41. The lowest BCUT2D eigenvalue weighted by molar-refractivity contribution is 0.0963. The second kappa shape index (κ2) is 8.62. The molecule has 0 saturated carbocycles. The molecule has 2 aromatic carbocycles. The number of benzene rings is 2. The molecule has 0 unspecified atom stereocenters. The number of aryl methyl sites for hydroxylation is 1. The van der Waals surface area contributed by atoms with Crippen LogP contribution >= 0.6 is 11.3 Å². The minimum absolute atomic E-state index is 0.221. The van der Waals surface area contributed by atoms with Crippen LogP contribution in [0.25, 0.3) is 32.6 Å². The third-order valence-corrected chi connectivity index (χ3v) is 6.16. The molecule has 0 atom stereocenters. The Bertz CT molecular complexity index is 1260. The van der Waals surface area contributed by atoms with Gasteiger partial charge in [0.05, 0.1) is 18.5 Å². The highest BCUT2D eigenvalue weighted by Gasteiger charge is 2.21. The first-order chi connectivity index (χ1) is 15.0. The Morgan fingerprint density at radius 2 is 1.84 bits per heavy atom. The number of hydrogen-bond donors (Lipinski definition) is 2. The third-order valence-electron chi connectivity index (χ3n) is 5.06. The average molecular weight is 430 g/mol. The summed E-state index contributed by atoms with van der Waals surface area (Å²) in [6, 6.07) is 18.1. The van der Waals surface area contributed by atoms with Crippen molar-refractivity contribution in [3.05, 3.63) is 77.7 Å². The minimum atomic E-state index is -0.221. The van der Waals surface area contributed by atoms with Crippen LogP contribution in [0, 0.1) is 6.92 Å². The predicted octanol–water partition coefficient (Wildman–Crippen LogP) is 5.45. The van der Waals surface area contributed by atoms with E-state index in [0.29, 0.717) is 17.1 Å². The van der Waals surface area contributed by atoms with Gasteiger partial charge in [-0.15, -0.1) is 17.9 Å². The highest BCUT2D eigenvalue weighted by atomic mass is 32.1. The molecule has 2 heterocycles. The van der Waals surface area contributed by atoms with Crippen LogP contribution in [0.15, 0.2) is 67.3 Å². The molecule has 31 heavy (non-hydrogen) atoms. The van der Waals surface area contributed by atoms with Gasteiger partial charge in [0, 0.05) is 17.5 Å². The number of amides is 1. The van der Waals surface area contributed by atoms with E-state index in [4.69, 9.17) is 15.5 Å². The lowest BCUT2D eigenvalue weighted by atomic mass is 9.98. The van der Waals surface area contributed by atoms with Crippen LogP contribution in [0.4, 0.5) is 5.69 Å². The topological polar surface area (TPSA) is 77.2 Å². The molecule has 0 spiro atoms. The molecular formula is C25H23N3O2S. The van der Waals surface area contributed by atoms with Crippen molar-refractivity contribution in [2.45, 2.75) is 6.92 Å². The third kappa shape index (κ3) is 4.02. The second-order valence-electron chi connectivity index (χ2n) is 7.17. The molecule has 0 aliphatic rings. The number of fused-ring (bicyclic) bond motifs is 1. The number of hydrogen-bond acceptors (Lipinski definition) is 5. The number of ether oxygens (including phenoxy) is 1. The van der Waals surface area contributed by atoms with Gasteiger partial charge in [-0.05, 0) is 48.4 Å². The van der Waals surface area contributed by atoms with Gasteiger partial charge in [0.1, 0.15) is 15.5 Å². The molecule has 0 saturated heterocycles. The van der Waals surface area contributed by atoms with E-state index in [0.717, 1.165) is 38.4 Å². The zero-order valence-electron chi connectivity index (χ0n) is 17.4. The van der Waals surface area contributed by atoms with Gasteiger partial charge in [-0.25, -0.2) is 4.98 Å². The maximum Gasteiger partial charge on any atom is 0.263 e. The van der Waals surface area contributed by atoms with Crippen molar-refractivity contribution in [1.82, 2.24) is 10.3 Å². The molecule has 0 radical (unpaired) electrons. The van der Waals surface area contributed by atoms with Gasteiger partial charge in [0.15, 0.2) is 0 Å². The zero-order valence-corrected chi connectivity index (χ0v) is 18.3. The second-order valence-corrected chi connectivity index (χ2v) is 8.17. The van der Waals surface area contributed by atoms with Crippen molar-refractivity contribution in [3.63, 3.8) is 0 Å². The van der Waals surface area contributed by atoms with Crippen LogP contribution in [-0.2, 0) is 0 Å². The van der Waals surface area contributed by atoms with Gasteiger partial charge < -0.3 is 15.8 Å². The Labute approximate surface area is 185 Å². The number of carbonyl (C=O) groups is 1. The maximum atomic E-state index is 12.6. The number of anilines is 1. The Kier molecular flexibility index (Phi) is 5.73. The van der Waals surface area contributed by atoms with Crippen molar-refractivity contribution in [3.8, 4) is 28.1 Å². The standard InChI is InChI=1S/C25H23N3O2S/c1-4-13-27-24(29)23-22(26)21-19(16-7-5-15(2)6-8-16)14-20(28-25(21)31-23)17-9-11-18(30-3)12-10-17/h4-12,14H,1,13,26H2,2-3H3,(H,27,29). The van der Waals surface area contributed by atoms with E-state index in [2.05, 4.69) is 43.1 Å². The first kappa shape index (κ1) is 20.6. The number of nitrogens with one attached hydrogen (secondary N) is 1. The van der Waals surface area contributed by atoms with Crippen molar-refractivity contribution in [1.29, 1.82) is 0 Å². The minimum Gasteiger partial charge on any atom is -0.497 e. The normalized spacial score (nSPS) is 10.8. The summed E-state index contributed by atoms with van der Waals surface area (Å²) in [5.74, 6) is 0.561. The molecule has 5 nitrogen and oxygen atoms in total. The molecule has 156 valence electrons. The molecule has 4 rings (SSSR count). The highest BCUT2D eigenvalue weighted by molar-refractivity contribution is 7.21. The Balaban J connectivity index is 1.93. The summed E-state index contributed by atoms with van der Waals surface area (Å²) in [5.41, 5.74) is 11.8. The summed E-state index contributed by atoms with van der Waals surface area (Å²) in [7, 11) is 1.64. The van der Waals surface area contributed by atoms with Gasteiger partial charge in [0.2, 0.25) is 0 Å². The van der Waals surface area contributed by atoms with Gasteiger partial charge in [-0.2, -0.15) is 0 Å². The fourth-order valence-corrected chi connectivity index (χ4v) is 4.44. The summed E-state index contributed by atoms with van der Waals surface area (Å²) in [5, 5.41) is 3.61. The number of rotatable bonds is 6. The predicted molar refractivity (Wildman–Crippen MR) is 129 cm³/mol. The van der Waals surface area contributed by atoms with Gasteiger partial charge in [-0.3, -0.25) is 4.79 Å². The smallest absolute Gasteiger partial charge is 0.263 e. The average Bonchev–Trinajstić information content (AvgIpc) is 3.14. The van der Waals surface area contributed by atoms with E-state index in [9.17, 15) is 4.79 Å². The van der Waals surface area contributed by atoms with E-state index < -0.39 is 0 Å². The van der Waals surface area contributed by atoms with Gasteiger partial charge in [0.25, 0.3) is 5.91 Å². The first-order valence-electron chi connectivity index (χ1n) is 9.85. The molecule has 3 N–H and O–H groups in total. The maximum absolute atomic E-state index is 12.6. The summed E-state index contributed by atoms with van der Waals surface area (Å²) in [4.78, 5) is 18.7. The molecule has 4 aromatic rings. The number of nitrogens with two attached hydrogens (primary N) is 1. The lowest BCUT2D eigenvalue weighted by Gasteiger charge is -2.10. The summed E-state index contributed by atoms with van der Waals surface area (Å²) in [6.45, 7) is 6.07. The fraction of sp³-hybridized carbons (Fsp3) is 0.120. The number of pyridine rings is 1. The van der Waals surface area contributed by atoms with E-state index in [1.54, 1.807) is 13.2 Å². The van der Waals surface area contributed by atoms with Crippen LogP contribution in [0.2, 0.25) is 0 Å². The molecular weight excluding hydrogens is 406 g/mol. The van der Waals surface area contributed by atoms with E-state index in [1.807, 2.05) is 30.3 Å². The number of carbonyl (C=O) groups excluding carboxylic acids is 1.